The molecule has 0 aromatic carbocycles. The summed E-state index contributed by atoms with van der Waals surface area (Å²) in [5.74, 6) is -0.0698. The van der Waals surface area contributed by atoms with E-state index in [2.05, 4.69) is 17.1 Å². The van der Waals surface area contributed by atoms with Crippen LogP contribution in [-0.4, -0.2) is 50.2 Å². The minimum atomic E-state index is -0.0698. The second-order valence-electron chi connectivity index (χ2n) is 3.46. The molecule has 1 atom stereocenters. The van der Waals surface area contributed by atoms with Crippen molar-refractivity contribution in [2.75, 3.05) is 33.3 Å². The number of rotatable bonds is 3. The summed E-state index contributed by atoms with van der Waals surface area (Å²) in [5.41, 5.74) is 0. The van der Waals surface area contributed by atoms with Gasteiger partial charge >= 0.3 is 5.97 Å². The molecule has 4 nitrogen and oxygen atoms in total. The van der Waals surface area contributed by atoms with E-state index in [4.69, 9.17) is 4.74 Å². The molecule has 0 spiro atoms. The molecule has 0 radical (unpaired) electrons. The highest BCUT2D eigenvalue weighted by Crippen LogP contribution is 2.01. The van der Waals surface area contributed by atoms with E-state index in [1.165, 1.54) is 0 Å². The molecular weight excluding hydrogens is 168 g/mol. The first kappa shape index (κ1) is 10.5. The van der Waals surface area contributed by atoms with E-state index in [0.29, 0.717) is 19.1 Å². The van der Waals surface area contributed by atoms with Gasteiger partial charge in [0.05, 0.1) is 6.42 Å². The van der Waals surface area contributed by atoms with Gasteiger partial charge in [0.1, 0.15) is 6.61 Å². The number of carbonyl (C=O) groups is 1. The summed E-state index contributed by atoms with van der Waals surface area (Å²) >= 11 is 0. The Morgan fingerprint density at radius 2 is 2.38 bits per heavy atom. The van der Waals surface area contributed by atoms with Gasteiger partial charge in [0, 0.05) is 25.7 Å². The number of hydrogen-bond donors (Lipinski definition) is 1. The molecule has 0 bridgehead atoms. The quantitative estimate of drug-likeness (QED) is 0.622. The molecule has 1 saturated heterocycles. The van der Waals surface area contributed by atoms with Gasteiger partial charge in [-0.15, -0.1) is 0 Å². The number of hydrogen-bond acceptors (Lipinski definition) is 4. The molecule has 0 aromatic rings. The highest BCUT2D eigenvalue weighted by molar-refractivity contribution is 5.69. The molecule has 0 saturated carbocycles. The monoisotopic (exact) mass is 186 g/mol. The standard InChI is InChI=1S/C9H18N2O2/c1-8(10-2)7-11-4-3-9(12)13-6-5-11/h8,10H,3-7H2,1-2H3. The number of nitrogens with one attached hydrogen (secondary N) is 1. The highest BCUT2D eigenvalue weighted by atomic mass is 16.5. The lowest BCUT2D eigenvalue weighted by atomic mass is 10.3. The molecular formula is C9H18N2O2. The normalized spacial score (nSPS) is 22.2. The third-order valence-electron chi connectivity index (χ3n) is 2.33. The van der Waals surface area contributed by atoms with E-state index >= 15 is 0 Å². The Morgan fingerprint density at radius 3 is 3.08 bits per heavy atom. The molecule has 1 unspecified atom stereocenters. The van der Waals surface area contributed by atoms with Gasteiger partial charge in [0.25, 0.3) is 0 Å². The van der Waals surface area contributed by atoms with Crippen LogP contribution in [0.5, 0.6) is 0 Å². The van der Waals surface area contributed by atoms with Gasteiger partial charge in [-0.2, -0.15) is 0 Å². The van der Waals surface area contributed by atoms with Crippen molar-refractivity contribution in [1.82, 2.24) is 10.2 Å². The van der Waals surface area contributed by atoms with E-state index in [-0.39, 0.29) is 5.97 Å². The van der Waals surface area contributed by atoms with E-state index in [1.807, 2.05) is 7.05 Å². The van der Waals surface area contributed by atoms with Gasteiger partial charge < -0.3 is 10.1 Å². The molecule has 0 aliphatic carbocycles. The van der Waals surface area contributed by atoms with E-state index in [0.717, 1.165) is 19.6 Å². The van der Waals surface area contributed by atoms with Crippen molar-refractivity contribution in [3.8, 4) is 0 Å². The topological polar surface area (TPSA) is 41.6 Å². The van der Waals surface area contributed by atoms with Crippen molar-refractivity contribution in [3.63, 3.8) is 0 Å². The number of nitrogens with zero attached hydrogens (tertiary/aromatic N) is 1. The fraction of sp³-hybridized carbons (Fsp3) is 0.889. The summed E-state index contributed by atoms with van der Waals surface area (Å²) in [6, 6.07) is 0.466. The largest absolute Gasteiger partial charge is 0.464 e. The van der Waals surface area contributed by atoms with Crippen LogP contribution in [0.15, 0.2) is 0 Å². The Hall–Kier alpha value is -0.610. The zero-order valence-corrected chi connectivity index (χ0v) is 8.38. The van der Waals surface area contributed by atoms with E-state index in [9.17, 15) is 4.79 Å². The Bertz CT molecular complexity index is 173. The maximum Gasteiger partial charge on any atom is 0.307 e. The van der Waals surface area contributed by atoms with Gasteiger partial charge in [-0.25, -0.2) is 0 Å². The van der Waals surface area contributed by atoms with Crippen LogP contribution in [0.25, 0.3) is 0 Å². The Morgan fingerprint density at radius 1 is 1.62 bits per heavy atom. The third kappa shape index (κ3) is 3.74. The fourth-order valence-corrected chi connectivity index (χ4v) is 1.38. The van der Waals surface area contributed by atoms with Gasteiger partial charge in [0.15, 0.2) is 0 Å². The Labute approximate surface area is 79.2 Å². The molecule has 0 amide bonds. The van der Waals surface area contributed by atoms with Crippen LogP contribution in [0.4, 0.5) is 0 Å². The average Bonchev–Trinajstić information content (AvgIpc) is 2.31. The molecule has 1 aliphatic heterocycles. The SMILES string of the molecule is CNC(C)CN1CCOC(=O)CC1. The van der Waals surface area contributed by atoms with Crippen LogP contribution in [0.3, 0.4) is 0 Å². The lowest BCUT2D eigenvalue weighted by Gasteiger charge is -2.22. The summed E-state index contributed by atoms with van der Waals surface area (Å²) < 4.78 is 4.95. The minimum Gasteiger partial charge on any atom is -0.464 e. The summed E-state index contributed by atoms with van der Waals surface area (Å²) in [6.07, 6.45) is 0.524. The number of cyclic esters (lactones) is 1. The maximum atomic E-state index is 10.9. The fourth-order valence-electron chi connectivity index (χ4n) is 1.38. The summed E-state index contributed by atoms with van der Waals surface area (Å²) in [6.45, 7) is 5.33. The molecule has 1 rings (SSSR count). The first-order valence-electron chi connectivity index (χ1n) is 4.77. The summed E-state index contributed by atoms with van der Waals surface area (Å²) in [7, 11) is 1.95. The second kappa shape index (κ2) is 5.19. The smallest absolute Gasteiger partial charge is 0.307 e. The van der Waals surface area contributed by atoms with Crippen molar-refractivity contribution < 1.29 is 9.53 Å². The molecule has 1 fully saturated rings. The third-order valence-corrected chi connectivity index (χ3v) is 2.33. The lowest BCUT2D eigenvalue weighted by molar-refractivity contribution is -0.142. The Kier molecular flexibility index (Phi) is 4.18. The number of carbonyl (C=O) groups excluding carboxylic acids is 1. The van der Waals surface area contributed by atoms with Gasteiger partial charge in [-0.3, -0.25) is 9.69 Å². The number of esters is 1. The molecule has 76 valence electrons. The van der Waals surface area contributed by atoms with Crippen LogP contribution in [0.2, 0.25) is 0 Å². The molecule has 1 heterocycles. The van der Waals surface area contributed by atoms with E-state index in [1.54, 1.807) is 0 Å². The highest BCUT2D eigenvalue weighted by Gasteiger charge is 2.15. The zero-order chi connectivity index (χ0) is 9.68. The zero-order valence-electron chi connectivity index (χ0n) is 8.38. The van der Waals surface area contributed by atoms with Crippen LogP contribution in [0, 0.1) is 0 Å². The van der Waals surface area contributed by atoms with Crippen molar-refractivity contribution in [1.29, 1.82) is 0 Å². The minimum absolute atomic E-state index is 0.0698. The van der Waals surface area contributed by atoms with Gasteiger partial charge in [-0.05, 0) is 14.0 Å². The number of ether oxygens (including phenoxy) is 1. The van der Waals surface area contributed by atoms with Crippen molar-refractivity contribution in [3.05, 3.63) is 0 Å². The van der Waals surface area contributed by atoms with Crippen LogP contribution >= 0.6 is 0 Å². The average molecular weight is 186 g/mol. The maximum absolute atomic E-state index is 10.9. The Balaban J connectivity index is 2.29. The first-order chi connectivity index (χ1) is 6.22. The second-order valence-corrected chi connectivity index (χ2v) is 3.46. The molecule has 13 heavy (non-hydrogen) atoms. The van der Waals surface area contributed by atoms with E-state index < -0.39 is 0 Å². The van der Waals surface area contributed by atoms with Gasteiger partial charge in [-0.1, -0.05) is 0 Å². The first-order valence-corrected chi connectivity index (χ1v) is 4.77. The molecule has 1 N–H and O–H groups in total. The van der Waals surface area contributed by atoms with Crippen LogP contribution < -0.4 is 5.32 Å². The summed E-state index contributed by atoms with van der Waals surface area (Å²) in [4.78, 5) is 13.2. The van der Waals surface area contributed by atoms with Gasteiger partial charge in [0.2, 0.25) is 0 Å². The predicted octanol–water partition coefficient (Wildman–Crippen LogP) is -0.157. The lowest BCUT2D eigenvalue weighted by Crippen LogP contribution is -2.38. The van der Waals surface area contributed by atoms with Crippen molar-refractivity contribution >= 4 is 5.97 Å². The van der Waals surface area contributed by atoms with Crippen molar-refractivity contribution in [2.45, 2.75) is 19.4 Å². The molecule has 0 aromatic heterocycles. The van der Waals surface area contributed by atoms with Crippen LogP contribution in [0.1, 0.15) is 13.3 Å². The van der Waals surface area contributed by atoms with Crippen LogP contribution in [-0.2, 0) is 9.53 Å². The van der Waals surface area contributed by atoms with Crippen molar-refractivity contribution in [2.24, 2.45) is 0 Å². The molecule has 4 heteroatoms. The summed E-state index contributed by atoms with van der Waals surface area (Å²) in [5, 5.41) is 3.18. The predicted molar refractivity (Wildman–Crippen MR) is 50.5 cm³/mol. The molecule has 1 aliphatic rings. The number of likely N-dealkylation sites (N-methyl/N-ethyl adjacent to an activating group) is 1.